The fourth-order valence-corrected chi connectivity index (χ4v) is 7.28. The highest BCUT2D eigenvalue weighted by Crippen LogP contribution is 2.29. The Morgan fingerprint density at radius 2 is 1.73 bits per heavy atom. The van der Waals surface area contributed by atoms with Crippen molar-refractivity contribution in [2.45, 2.75) is 81.1 Å². The molecule has 0 saturated heterocycles. The van der Waals surface area contributed by atoms with Gasteiger partial charge in [-0.25, -0.2) is 18.5 Å². The summed E-state index contributed by atoms with van der Waals surface area (Å²) in [6.07, 6.45) is 3.27. The highest BCUT2D eigenvalue weighted by atomic mass is 32.2. The van der Waals surface area contributed by atoms with Crippen molar-refractivity contribution in [3.05, 3.63) is 81.0 Å². The van der Waals surface area contributed by atoms with Gasteiger partial charge in [0.2, 0.25) is 21.8 Å². The second-order valence-electron chi connectivity index (χ2n) is 10.5. The number of nitrogens with one attached hydrogen (secondary N) is 2. The van der Waals surface area contributed by atoms with Crippen LogP contribution in [0.25, 0.3) is 10.2 Å². The van der Waals surface area contributed by atoms with Crippen LogP contribution in [0.15, 0.2) is 68.8 Å². The fourth-order valence-electron chi connectivity index (χ4n) is 4.95. The van der Waals surface area contributed by atoms with Gasteiger partial charge >= 0.3 is 0 Å². The molecule has 0 saturated carbocycles. The van der Waals surface area contributed by atoms with Crippen molar-refractivity contribution in [1.82, 2.24) is 14.9 Å². The van der Waals surface area contributed by atoms with Gasteiger partial charge in [-0.05, 0) is 72.4 Å². The minimum Gasteiger partial charge on any atom is -0.356 e. The number of aryl methyl sites for hydroxylation is 2. The second-order valence-corrected chi connectivity index (χ2v) is 14.2. The molecule has 45 heavy (non-hydrogen) atoms. The molecule has 0 radical (unpaired) electrons. The molecule has 2 heterocycles. The van der Waals surface area contributed by atoms with Crippen LogP contribution in [0.4, 0.5) is 5.69 Å². The van der Waals surface area contributed by atoms with Crippen molar-refractivity contribution in [1.29, 1.82) is 0 Å². The average molecular weight is 670 g/mol. The van der Waals surface area contributed by atoms with Gasteiger partial charge in [-0.3, -0.25) is 19.0 Å². The van der Waals surface area contributed by atoms with Crippen molar-refractivity contribution >= 4 is 60.8 Å². The van der Waals surface area contributed by atoms with E-state index in [1.165, 1.54) is 35.2 Å². The van der Waals surface area contributed by atoms with Gasteiger partial charge in [-0.2, -0.15) is 0 Å². The summed E-state index contributed by atoms with van der Waals surface area (Å²) in [6.45, 7) is 6.72. The minimum atomic E-state index is -3.75. The summed E-state index contributed by atoms with van der Waals surface area (Å²) in [5.41, 5.74) is 4.30. The molecular weight excluding hydrogens is 631 g/mol. The van der Waals surface area contributed by atoms with Gasteiger partial charge in [0.05, 0.1) is 15.7 Å². The van der Waals surface area contributed by atoms with Gasteiger partial charge in [-0.15, -0.1) is 11.3 Å². The monoisotopic (exact) mass is 669 g/mol. The summed E-state index contributed by atoms with van der Waals surface area (Å²) in [7, 11) is -3.75. The van der Waals surface area contributed by atoms with Crippen molar-refractivity contribution in [3.8, 4) is 0 Å². The van der Waals surface area contributed by atoms with Gasteiger partial charge < -0.3 is 10.6 Å². The third kappa shape index (κ3) is 8.81. The van der Waals surface area contributed by atoms with Crippen LogP contribution >= 0.6 is 23.1 Å². The van der Waals surface area contributed by atoms with Gasteiger partial charge in [0, 0.05) is 25.2 Å². The number of para-hydroxylation sites is 1. The molecule has 0 spiro atoms. The zero-order chi connectivity index (χ0) is 32.6. The van der Waals surface area contributed by atoms with Gasteiger partial charge in [-0.1, -0.05) is 62.9 Å². The third-order valence-electron chi connectivity index (χ3n) is 7.46. The molecule has 0 aliphatic carbocycles. The maximum absolute atomic E-state index is 13.5. The van der Waals surface area contributed by atoms with Crippen molar-refractivity contribution in [3.63, 3.8) is 0 Å². The summed E-state index contributed by atoms with van der Waals surface area (Å²) in [6, 6.07) is 14.1. The first-order valence-corrected chi connectivity index (χ1v) is 18.3. The van der Waals surface area contributed by atoms with Crippen LogP contribution in [0.3, 0.4) is 0 Å². The predicted octanol–water partition coefficient (Wildman–Crippen LogP) is 4.88. The summed E-state index contributed by atoms with van der Waals surface area (Å²) < 4.78 is 25.0. The summed E-state index contributed by atoms with van der Waals surface area (Å²) in [5, 5.41) is 13.0. The first-order valence-electron chi connectivity index (χ1n) is 15.0. The number of carbonyl (C=O) groups is 2. The van der Waals surface area contributed by atoms with Gasteiger partial charge in [0.1, 0.15) is 4.70 Å². The van der Waals surface area contributed by atoms with Gasteiger partial charge in [0.15, 0.2) is 5.16 Å². The SMILES string of the molecule is CCc1cccc(CC)c1NC(=O)[C@@H](CC)Sc1nc2ccsc2c(=O)n1CCCC(=O)NCCc1ccc(S(N)(=O)=O)cc1. The lowest BCUT2D eigenvalue weighted by Crippen LogP contribution is -2.29. The molecule has 0 bridgehead atoms. The van der Waals surface area contributed by atoms with Crippen molar-refractivity contribution < 1.29 is 18.0 Å². The molecule has 240 valence electrons. The predicted molar refractivity (Wildman–Crippen MR) is 181 cm³/mol. The molecule has 13 heteroatoms. The highest BCUT2D eigenvalue weighted by molar-refractivity contribution is 8.00. The van der Waals surface area contributed by atoms with E-state index in [1.54, 1.807) is 22.8 Å². The standard InChI is InChI=1S/C32H39N5O5S3/c1-4-22-9-7-10-23(5-2)28(22)36-30(39)26(6-3)44-32-35-25-17-20-43-29(25)31(40)37(32)19-8-11-27(38)34-18-16-21-12-14-24(15-13-21)45(33,41)42/h7,9-10,12-15,17,20,26H,4-6,8,11,16,18-19H2,1-3H3,(H,34,38)(H,36,39)(H2,33,41,42)/t26-/m1/s1. The molecule has 0 aliphatic rings. The molecule has 1 atom stereocenters. The number of primary sulfonamides is 1. The number of fused-ring (bicyclic) bond motifs is 1. The van der Waals surface area contributed by atoms with E-state index in [0.29, 0.717) is 41.2 Å². The van der Waals surface area contributed by atoms with Crippen molar-refractivity contribution in [2.24, 2.45) is 5.14 Å². The number of thiophene rings is 1. The molecule has 4 N–H and O–H groups in total. The first-order chi connectivity index (χ1) is 21.5. The number of nitrogens with two attached hydrogens (primary N) is 1. The third-order valence-corrected chi connectivity index (χ3v) is 10.6. The lowest BCUT2D eigenvalue weighted by molar-refractivity contribution is -0.121. The number of sulfonamides is 1. The Bertz CT molecular complexity index is 1790. The van der Waals surface area contributed by atoms with Crippen LogP contribution in [0.2, 0.25) is 0 Å². The Balaban J connectivity index is 1.41. The zero-order valence-corrected chi connectivity index (χ0v) is 28.1. The number of thioether (sulfide) groups is 1. The molecule has 0 aliphatic heterocycles. The number of anilines is 1. The maximum atomic E-state index is 13.5. The lowest BCUT2D eigenvalue weighted by Gasteiger charge is -2.20. The average Bonchev–Trinajstić information content (AvgIpc) is 3.50. The molecule has 2 amide bonds. The van der Waals surface area contributed by atoms with E-state index < -0.39 is 15.3 Å². The molecule has 0 unspecified atom stereocenters. The van der Waals surface area contributed by atoms with E-state index in [0.717, 1.165) is 35.2 Å². The smallest absolute Gasteiger partial charge is 0.272 e. The number of hydrogen-bond donors (Lipinski definition) is 3. The Hall–Kier alpha value is -3.52. The summed E-state index contributed by atoms with van der Waals surface area (Å²) >= 11 is 2.60. The summed E-state index contributed by atoms with van der Waals surface area (Å²) in [4.78, 5) is 44.4. The van der Waals surface area contributed by atoms with E-state index in [-0.39, 0.29) is 35.2 Å². The van der Waals surface area contributed by atoms with E-state index in [4.69, 9.17) is 10.1 Å². The van der Waals surface area contributed by atoms with E-state index in [9.17, 15) is 22.8 Å². The zero-order valence-electron chi connectivity index (χ0n) is 25.7. The normalized spacial score (nSPS) is 12.3. The second kappa shape index (κ2) is 15.7. The molecule has 4 aromatic rings. The fraction of sp³-hybridized carbons (Fsp3) is 0.375. The molecular formula is C32H39N5O5S3. The summed E-state index contributed by atoms with van der Waals surface area (Å²) in [5.74, 6) is -0.293. The highest BCUT2D eigenvalue weighted by Gasteiger charge is 2.24. The Labute approximate surface area is 271 Å². The van der Waals surface area contributed by atoms with Crippen LogP contribution in [-0.2, 0) is 45.4 Å². The van der Waals surface area contributed by atoms with Crippen LogP contribution in [0.1, 0.15) is 56.7 Å². The van der Waals surface area contributed by atoms with Crippen molar-refractivity contribution in [2.75, 3.05) is 11.9 Å². The van der Waals surface area contributed by atoms with Gasteiger partial charge in [0.25, 0.3) is 5.56 Å². The number of hydrogen-bond acceptors (Lipinski definition) is 8. The number of benzene rings is 2. The molecule has 0 fully saturated rings. The quantitative estimate of drug-likeness (QED) is 0.121. The Morgan fingerprint density at radius 1 is 1.04 bits per heavy atom. The molecule has 10 nitrogen and oxygen atoms in total. The van der Waals surface area contributed by atoms with E-state index in [2.05, 4.69) is 24.5 Å². The van der Waals surface area contributed by atoms with Crippen LogP contribution in [-0.4, -0.2) is 41.6 Å². The van der Waals surface area contributed by atoms with Crippen LogP contribution < -0.4 is 21.3 Å². The molecule has 2 aromatic heterocycles. The van der Waals surface area contributed by atoms with E-state index >= 15 is 0 Å². The topological polar surface area (TPSA) is 153 Å². The van der Waals surface area contributed by atoms with Crippen LogP contribution in [0, 0.1) is 0 Å². The minimum absolute atomic E-state index is 0.0385. The number of carbonyl (C=O) groups excluding carboxylic acids is 2. The Morgan fingerprint density at radius 3 is 2.36 bits per heavy atom. The number of rotatable bonds is 15. The lowest BCUT2D eigenvalue weighted by atomic mass is 10.0. The first kappa shape index (κ1) is 34.4. The maximum Gasteiger partial charge on any atom is 0.272 e. The Kier molecular flexibility index (Phi) is 12.0. The number of aromatic nitrogens is 2. The molecule has 4 rings (SSSR count). The van der Waals surface area contributed by atoms with Crippen LogP contribution in [0.5, 0.6) is 0 Å². The number of nitrogens with zero attached hydrogens (tertiary/aromatic N) is 2. The largest absolute Gasteiger partial charge is 0.356 e. The number of amides is 2. The van der Waals surface area contributed by atoms with E-state index in [1.807, 2.05) is 30.5 Å². The molecule has 2 aromatic carbocycles.